The van der Waals surface area contributed by atoms with Crippen LogP contribution in [0.4, 0.5) is 0 Å². The van der Waals surface area contributed by atoms with Gasteiger partial charge in [0, 0.05) is 13.0 Å². The molecule has 22 heavy (non-hydrogen) atoms. The van der Waals surface area contributed by atoms with E-state index >= 15 is 0 Å². The Kier molecular flexibility index (Phi) is 5.46. The summed E-state index contributed by atoms with van der Waals surface area (Å²) in [4.78, 5) is 12.0. The molecule has 0 aliphatic carbocycles. The molecule has 4 heteroatoms. The van der Waals surface area contributed by atoms with Crippen LogP contribution in [0.1, 0.15) is 52.1 Å². The highest BCUT2D eigenvalue weighted by Crippen LogP contribution is 2.22. The van der Waals surface area contributed by atoms with E-state index in [2.05, 4.69) is 31.4 Å². The van der Waals surface area contributed by atoms with Crippen LogP contribution >= 0.6 is 0 Å². The van der Waals surface area contributed by atoms with Gasteiger partial charge >= 0.3 is 0 Å². The molecule has 4 nitrogen and oxygen atoms in total. The summed E-state index contributed by atoms with van der Waals surface area (Å²) in [7, 11) is 0. The predicted molar refractivity (Wildman–Crippen MR) is 89.0 cm³/mol. The average molecular weight is 304 g/mol. The maximum atomic E-state index is 12.0. The van der Waals surface area contributed by atoms with Crippen molar-refractivity contribution in [3.05, 3.63) is 29.8 Å². The number of carbonyl (C=O) groups is 1. The number of benzene rings is 1. The molecule has 1 unspecified atom stereocenters. The van der Waals surface area contributed by atoms with E-state index in [1.807, 2.05) is 31.2 Å². The summed E-state index contributed by atoms with van der Waals surface area (Å²) in [6.07, 6.45) is 1.86. The first-order chi connectivity index (χ1) is 10.3. The van der Waals surface area contributed by atoms with E-state index in [1.54, 1.807) is 0 Å². The predicted octanol–water partition coefficient (Wildman–Crippen LogP) is 3.04. The zero-order valence-corrected chi connectivity index (χ0v) is 14.1. The first-order valence-corrected chi connectivity index (χ1v) is 8.10. The quantitative estimate of drug-likeness (QED) is 0.879. The standard InChI is InChI=1S/C18H28N2O2/c1-13(20-17(21)11-18(2,3)4)14-5-7-15(8-6-14)22-16-9-10-19-12-16/h5-8,13,16,19H,9-12H2,1-4H3,(H,20,21)/t13-,16?/m0/s1. The van der Waals surface area contributed by atoms with Crippen LogP contribution in [0.2, 0.25) is 0 Å². The number of nitrogens with one attached hydrogen (secondary N) is 2. The molecule has 1 fully saturated rings. The normalized spacial score (nSPS) is 19.7. The summed E-state index contributed by atoms with van der Waals surface area (Å²) in [5, 5.41) is 6.35. The first-order valence-electron chi connectivity index (χ1n) is 8.10. The fraction of sp³-hybridized carbons (Fsp3) is 0.611. The second-order valence-corrected chi connectivity index (χ2v) is 7.33. The van der Waals surface area contributed by atoms with Crippen molar-refractivity contribution in [1.29, 1.82) is 0 Å². The third kappa shape index (κ3) is 5.34. The van der Waals surface area contributed by atoms with E-state index in [0.29, 0.717) is 6.42 Å². The summed E-state index contributed by atoms with van der Waals surface area (Å²) in [6, 6.07) is 8.04. The van der Waals surface area contributed by atoms with Crippen LogP contribution < -0.4 is 15.4 Å². The Morgan fingerprint density at radius 1 is 1.36 bits per heavy atom. The van der Waals surface area contributed by atoms with Crippen LogP contribution in [0.15, 0.2) is 24.3 Å². The molecule has 0 aromatic heterocycles. The van der Waals surface area contributed by atoms with Gasteiger partial charge in [-0.05, 0) is 43.0 Å². The monoisotopic (exact) mass is 304 g/mol. The maximum Gasteiger partial charge on any atom is 0.220 e. The van der Waals surface area contributed by atoms with Gasteiger partial charge in [0.1, 0.15) is 11.9 Å². The van der Waals surface area contributed by atoms with Crippen LogP contribution in [0.5, 0.6) is 5.75 Å². The van der Waals surface area contributed by atoms with Gasteiger partial charge in [-0.1, -0.05) is 32.9 Å². The van der Waals surface area contributed by atoms with Crippen LogP contribution in [0, 0.1) is 5.41 Å². The molecule has 1 aromatic carbocycles. The summed E-state index contributed by atoms with van der Waals surface area (Å²) in [6.45, 7) is 10.2. The highest BCUT2D eigenvalue weighted by Gasteiger charge is 2.18. The van der Waals surface area contributed by atoms with Gasteiger partial charge in [-0.25, -0.2) is 0 Å². The minimum atomic E-state index is 0.0107. The van der Waals surface area contributed by atoms with Crippen molar-refractivity contribution in [1.82, 2.24) is 10.6 Å². The van der Waals surface area contributed by atoms with E-state index in [1.165, 1.54) is 0 Å². The molecule has 122 valence electrons. The minimum Gasteiger partial charge on any atom is -0.489 e. The molecule has 0 radical (unpaired) electrons. The third-order valence-corrected chi connectivity index (χ3v) is 3.77. The molecule has 0 spiro atoms. The van der Waals surface area contributed by atoms with Gasteiger partial charge in [0.2, 0.25) is 5.91 Å². The van der Waals surface area contributed by atoms with Gasteiger partial charge < -0.3 is 15.4 Å². The Labute approximate surface area is 133 Å². The first kappa shape index (κ1) is 16.8. The zero-order valence-electron chi connectivity index (χ0n) is 14.1. The Bertz CT molecular complexity index is 485. The van der Waals surface area contributed by atoms with Gasteiger partial charge in [0.25, 0.3) is 0 Å². The van der Waals surface area contributed by atoms with E-state index in [4.69, 9.17) is 4.74 Å². The van der Waals surface area contributed by atoms with Gasteiger partial charge in [0.15, 0.2) is 0 Å². The molecule has 2 N–H and O–H groups in total. The van der Waals surface area contributed by atoms with Crippen LogP contribution in [0.25, 0.3) is 0 Å². The molecular formula is C18H28N2O2. The largest absolute Gasteiger partial charge is 0.489 e. The topological polar surface area (TPSA) is 50.4 Å². The summed E-state index contributed by atoms with van der Waals surface area (Å²) in [5.41, 5.74) is 1.11. The average Bonchev–Trinajstić information content (AvgIpc) is 2.90. The summed E-state index contributed by atoms with van der Waals surface area (Å²) >= 11 is 0. The van der Waals surface area contributed by atoms with Crippen molar-refractivity contribution in [2.75, 3.05) is 13.1 Å². The molecule has 0 bridgehead atoms. The molecular weight excluding hydrogens is 276 g/mol. The lowest BCUT2D eigenvalue weighted by atomic mass is 9.91. The molecule has 1 heterocycles. The van der Waals surface area contributed by atoms with Crippen molar-refractivity contribution >= 4 is 5.91 Å². The smallest absolute Gasteiger partial charge is 0.220 e. The maximum absolute atomic E-state index is 12.0. The number of hydrogen-bond donors (Lipinski definition) is 2. The Morgan fingerprint density at radius 3 is 2.59 bits per heavy atom. The highest BCUT2D eigenvalue weighted by atomic mass is 16.5. The SMILES string of the molecule is C[C@H](NC(=O)CC(C)(C)C)c1ccc(OC2CCNC2)cc1. The molecule has 1 aliphatic heterocycles. The number of carbonyl (C=O) groups excluding carboxylic acids is 1. The number of amides is 1. The minimum absolute atomic E-state index is 0.0107. The molecule has 2 rings (SSSR count). The van der Waals surface area contributed by atoms with Gasteiger partial charge in [-0.15, -0.1) is 0 Å². The fourth-order valence-corrected chi connectivity index (χ4v) is 2.61. The summed E-state index contributed by atoms with van der Waals surface area (Å²) < 4.78 is 5.91. The van der Waals surface area contributed by atoms with E-state index in [0.717, 1.165) is 30.8 Å². The van der Waals surface area contributed by atoms with Crippen molar-refractivity contribution in [3.8, 4) is 5.75 Å². The Hall–Kier alpha value is -1.55. The third-order valence-electron chi connectivity index (χ3n) is 3.77. The molecule has 1 amide bonds. The molecule has 1 aromatic rings. The molecule has 0 saturated carbocycles. The van der Waals surface area contributed by atoms with Gasteiger partial charge in [0.05, 0.1) is 6.04 Å². The summed E-state index contributed by atoms with van der Waals surface area (Å²) in [5.74, 6) is 0.989. The van der Waals surface area contributed by atoms with Crippen molar-refractivity contribution in [2.24, 2.45) is 5.41 Å². The Balaban J connectivity index is 1.87. The van der Waals surface area contributed by atoms with E-state index < -0.39 is 0 Å². The molecule has 1 saturated heterocycles. The highest BCUT2D eigenvalue weighted by molar-refractivity contribution is 5.77. The van der Waals surface area contributed by atoms with Crippen LogP contribution in [0.3, 0.4) is 0 Å². The number of hydrogen-bond acceptors (Lipinski definition) is 3. The number of ether oxygens (including phenoxy) is 1. The lowest BCUT2D eigenvalue weighted by Crippen LogP contribution is -2.29. The van der Waals surface area contributed by atoms with Gasteiger partial charge in [-0.2, -0.15) is 0 Å². The second kappa shape index (κ2) is 7.14. The molecule has 1 aliphatic rings. The van der Waals surface area contributed by atoms with Gasteiger partial charge in [-0.3, -0.25) is 4.79 Å². The zero-order chi connectivity index (χ0) is 16.2. The lowest BCUT2D eigenvalue weighted by Gasteiger charge is -2.20. The molecule has 2 atom stereocenters. The van der Waals surface area contributed by atoms with Crippen LogP contribution in [-0.4, -0.2) is 25.1 Å². The lowest BCUT2D eigenvalue weighted by molar-refractivity contribution is -0.123. The van der Waals surface area contributed by atoms with Crippen molar-refractivity contribution in [3.63, 3.8) is 0 Å². The Morgan fingerprint density at radius 2 is 2.05 bits per heavy atom. The second-order valence-electron chi connectivity index (χ2n) is 7.33. The van der Waals surface area contributed by atoms with Crippen LogP contribution in [-0.2, 0) is 4.79 Å². The number of rotatable bonds is 5. The van der Waals surface area contributed by atoms with E-state index in [-0.39, 0.29) is 23.5 Å². The van der Waals surface area contributed by atoms with Crippen molar-refractivity contribution < 1.29 is 9.53 Å². The van der Waals surface area contributed by atoms with Crippen molar-refractivity contribution in [2.45, 2.75) is 52.7 Å². The van der Waals surface area contributed by atoms with E-state index in [9.17, 15) is 4.79 Å². The fourth-order valence-electron chi connectivity index (χ4n) is 2.61.